The molecule has 0 unspecified atom stereocenters. The molecule has 1 saturated heterocycles. The number of hydrogen-bond acceptors (Lipinski definition) is 3. The van der Waals surface area contributed by atoms with E-state index >= 15 is 0 Å². The number of piperazine rings is 1. The molecule has 0 bridgehead atoms. The van der Waals surface area contributed by atoms with Gasteiger partial charge in [0.2, 0.25) is 0 Å². The molecule has 2 amide bonds. The van der Waals surface area contributed by atoms with E-state index in [4.69, 9.17) is 5.73 Å². The lowest BCUT2D eigenvalue weighted by Crippen LogP contribution is -2.53. The highest BCUT2D eigenvalue weighted by atomic mass is 16.2. The average Bonchev–Trinajstić information content (AvgIpc) is 2.53. The van der Waals surface area contributed by atoms with Crippen molar-refractivity contribution < 1.29 is 4.79 Å². The second kappa shape index (κ2) is 9.26. The van der Waals surface area contributed by atoms with E-state index in [1.165, 1.54) is 32.1 Å². The third-order valence-electron chi connectivity index (χ3n) is 4.77. The molecular formula is C16H32N4O. The highest BCUT2D eigenvalue weighted by molar-refractivity contribution is 5.74. The van der Waals surface area contributed by atoms with Crippen LogP contribution in [0.3, 0.4) is 0 Å². The van der Waals surface area contributed by atoms with Gasteiger partial charge in [-0.15, -0.1) is 0 Å². The molecule has 2 fully saturated rings. The average molecular weight is 296 g/mol. The molecule has 1 aliphatic heterocycles. The Morgan fingerprint density at radius 1 is 1.00 bits per heavy atom. The predicted octanol–water partition coefficient (Wildman–Crippen LogP) is 1.78. The van der Waals surface area contributed by atoms with Gasteiger partial charge in [0.15, 0.2) is 0 Å². The van der Waals surface area contributed by atoms with E-state index < -0.39 is 0 Å². The van der Waals surface area contributed by atoms with Crippen molar-refractivity contribution in [1.82, 2.24) is 15.1 Å². The Morgan fingerprint density at radius 2 is 1.71 bits per heavy atom. The maximum atomic E-state index is 12.3. The van der Waals surface area contributed by atoms with E-state index in [1.807, 2.05) is 4.90 Å². The minimum Gasteiger partial charge on any atom is -0.335 e. The molecule has 1 saturated carbocycles. The number of nitrogens with one attached hydrogen (secondary N) is 1. The van der Waals surface area contributed by atoms with E-state index in [0.717, 1.165) is 58.5 Å². The molecule has 0 atom stereocenters. The summed E-state index contributed by atoms with van der Waals surface area (Å²) in [7, 11) is 0. The fourth-order valence-electron chi connectivity index (χ4n) is 3.34. The van der Waals surface area contributed by atoms with Crippen LogP contribution < -0.4 is 11.1 Å². The maximum Gasteiger partial charge on any atom is 0.317 e. The number of hydrogen-bond donors (Lipinski definition) is 2. The molecule has 122 valence electrons. The first kappa shape index (κ1) is 16.6. The van der Waals surface area contributed by atoms with Gasteiger partial charge in [-0.2, -0.15) is 0 Å². The van der Waals surface area contributed by atoms with Crippen molar-refractivity contribution in [3.8, 4) is 0 Å². The zero-order valence-electron chi connectivity index (χ0n) is 13.4. The Labute approximate surface area is 129 Å². The van der Waals surface area contributed by atoms with Crippen LogP contribution in [-0.4, -0.2) is 61.1 Å². The molecule has 5 heteroatoms. The number of unbranched alkanes of at least 4 members (excludes halogenated alkanes) is 2. The lowest BCUT2D eigenvalue weighted by atomic mass is 9.96. The summed E-state index contributed by atoms with van der Waals surface area (Å²) in [4.78, 5) is 16.7. The van der Waals surface area contributed by atoms with Gasteiger partial charge < -0.3 is 16.0 Å². The summed E-state index contributed by atoms with van der Waals surface area (Å²) < 4.78 is 0. The molecule has 1 heterocycles. The monoisotopic (exact) mass is 296 g/mol. The summed E-state index contributed by atoms with van der Waals surface area (Å²) in [5, 5.41) is 3.22. The van der Waals surface area contributed by atoms with Crippen LogP contribution >= 0.6 is 0 Å². The molecule has 0 aromatic carbocycles. The van der Waals surface area contributed by atoms with Crippen molar-refractivity contribution in [3.05, 3.63) is 0 Å². The molecular weight excluding hydrogens is 264 g/mol. The Hall–Kier alpha value is -0.810. The SMILES string of the molecule is NCCCCCN1CCN(C(=O)NC2CCCCC2)CC1. The van der Waals surface area contributed by atoms with Crippen LogP contribution in [0, 0.1) is 0 Å². The zero-order chi connectivity index (χ0) is 14.9. The van der Waals surface area contributed by atoms with Crippen LogP contribution in [-0.2, 0) is 0 Å². The van der Waals surface area contributed by atoms with Crippen molar-refractivity contribution in [2.45, 2.75) is 57.4 Å². The van der Waals surface area contributed by atoms with Crippen molar-refractivity contribution in [1.29, 1.82) is 0 Å². The van der Waals surface area contributed by atoms with Gasteiger partial charge in [-0.3, -0.25) is 4.90 Å². The Kier molecular flexibility index (Phi) is 7.30. The molecule has 3 N–H and O–H groups in total. The Morgan fingerprint density at radius 3 is 2.38 bits per heavy atom. The quantitative estimate of drug-likeness (QED) is 0.734. The summed E-state index contributed by atoms with van der Waals surface area (Å²) in [6, 6.07) is 0.574. The van der Waals surface area contributed by atoms with E-state index in [9.17, 15) is 4.79 Å². The second-order valence-corrected chi connectivity index (χ2v) is 6.46. The van der Waals surface area contributed by atoms with Gasteiger partial charge in [-0.05, 0) is 38.8 Å². The summed E-state index contributed by atoms with van der Waals surface area (Å²) in [6.07, 6.45) is 9.76. The Balaban J connectivity index is 1.60. The molecule has 0 spiro atoms. The lowest BCUT2D eigenvalue weighted by molar-refractivity contribution is 0.134. The normalized spacial score (nSPS) is 21.5. The maximum absolute atomic E-state index is 12.3. The molecule has 0 radical (unpaired) electrons. The van der Waals surface area contributed by atoms with Gasteiger partial charge in [-0.1, -0.05) is 25.7 Å². The van der Waals surface area contributed by atoms with Crippen LogP contribution in [0.5, 0.6) is 0 Å². The predicted molar refractivity (Wildman–Crippen MR) is 86.3 cm³/mol. The third-order valence-corrected chi connectivity index (χ3v) is 4.77. The minimum atomic E-state index is 0.157. The summed E-state index contributed by atoms with van der Waals surface area (Å²) in [5.41, 5.74) is 5.51. The van der Waals surface area contributed by atoms with Gasteiger partial charge in [-0.25, -0.2) is 4.79 Å². The number of urea groups is 1. The first-order valence-electron chi connectivity index (χ1n) is 8.77. The van der Waals surface area contributed by atoms with Crippen molar-refractivity contribution >= 4 is 6.03 Å². The van der Waals surface area contributed by atoms with E-state index in [0.29, 0.717) is 6.04 Å². The summed E-state index contributed by atoms with van der Waals surface area (Å²) >= 11 is 0. The van der Waals surface area contributed by atoms with Crippen molar-refractivity contribution in [2.24, 2.45) is 5.73 Å². The van der Waals surface area contributed by atoms with Crippen molar-refractivity contribution in [3.63, 3.8) is 0 Å². The molecule has 2 rings (SSSR count). The van der Waals surface area contributed by atoms with Gasteiger partial charge in [0, 0.05) is 32.2 Å². The summed E-state index contributed by atoms with van der Waals surface area (Å²) in [6.45, 7) is 5.72. The molecule has 0 aromatic rings. The molecule has 0 aromatic heterocycles. The number of carbonyl (C=O) groups excluding carboxylic acids is 1. The number of rotatable bonds is 6. The number of nitrogens with two attached hydrogens (primary N) is 1. The largest absolute Gasteiger partial charge is 0.335 e. The first-order valence-corrected chi connectivity index (χ1v) is 8.77. The lowest BCUT2D eigenvalue weighted by Gasteiger charge is -2.36. The molecule has 2 aliphatic rings. The first-order chi connectivity index (χ1) is 10.3. The molecule has 21 heavy (non-hydrogen) atoms. The highest BCUT2D eigenvalue weighted by Gasteiger charge is 2.23. The van der Waals surface area contributed by atoms with Crippen LogP contribution in [0.15, 0.2) is 0 Å². The van der Waals surface area contributed by atoms with Crippen LogP contribution in [0.2, 0.25) is 0 Å². The van der Waals surface area contributed by atoms with E-state index in [-0.39, 0.29) is 6.03 Å². The van der Waals surface area contributed by atoms with E-state index in [2.05, 4.69) is 10.2 Å². The number of carbonyl (C=O) groups is 1. The number of amides is 2. The second-order valence-electron chi connectivity index (χ2n) is 6.46. The highest BCUT2D eigenvalue weighted by Crippen LogP contribution is 2.17. The minimum absolute atomic E-state index is 0.157. The molecule has 1 aliphatic carbocycles. The Bertz CT molecular complexity index is 297. The zero-order valence-corrected chi connectivity index (χ0v) is 13.4. The topological polar surface area (TPSA) is 61.6 Å². The van der Waals surface area contributed by atoms with E-state index in [1.54, 1.807) is 0 Å². The molecule has 5 nitrogen and oxygen atoms in total. The van der Waals surface area contributed by atoms with Crippen LogP contribution in [0.25, 0.3) is 0 Å². The summed E-state index contributed by atoms with van der Waals surface area (Å²) in [5.74, 6) is 0. The standard InChI is InChI=1S/C16H32N4O/c17-9-5-2-6-10-19-11-13-20(14-12-19)16(21)18-15-7-3-1-4-8-15/h15H,1-14,17H2,(H,18,21). The van der Waals surface area contributed by atoms with Gasteiger partial charge in [0.1, 0.15) is 0 Å². The third kappa shape index (κ3) is 5.83. The van der Waals surface area contributed by atoms with Gasteiger partial charge >= 0.3 is 6.03 Å². The van der Waals surface area contributed by atoms with Gasteiger partial charge in [0.25, 0.3) is 0 Å². The van der Waals surface area contributed by atoms with Gasteiger partial charge in [0.05, 0.1) is 0 Å². The van der Waals surface area contributed by atoms with Crippen molar-refractivity contribution in [2.75, 3.05) is 39.3 Å². The smallest absolute Gasteiger partial charge is 0.317 e. The number of nitrogens with zero attached hydrogens (tertiary/aromatic N) is 2. The fourth-order valence-corrected chi connectivity index (χ4v) is 3.34. The van der Waals surface area contributed by atoms with Crippen LogP contribution in [0.4, 0.5) is 4.79 Å². The van der Waals surface area contributed by atoms with Crippen LogP contribution in [0.1, 0.15) is 51.4 Å². The fraction of sp³-hybridized carbons (Fsp3) is 0.938.